The monoisotopic (exact) mass is 410 g/mol. The molecule has 6 nitrogen and oxygen atoms in total. The summed E-state index contributed by atoms with van der Waals surface area (Å²) < 4.78 is 28.4. The zero-order valence-corrected chi connectivity index (χ0v) is 17.0. The maximum absolute atomic E-state index is 14.3. The number of hydrogen-bond acceptors (Lipinski definition) is 6. The van der Waals surface area contributed by atoms with Crippen LogP contribution in [0, 0.1) is 25.5 Å². The van der Waals surface area contributed by atoms with E-state index in [9.17, 15) is 8.78 Å². The van der Waals surface area contributed by atoms with Crippen molar-refractivity contribution >= 4 is 11.8 Å². The summed E-state index contributed by atoms with van der Waals surface area (Å²) in [5, 5.41) is 6.33. The van der Waals surface area contributed by atoms with Crippen LogP contribution in [-0.2, 0) is 6.54 Å². The molecule has 0 saturated carbocycles. The van der Waals surface area contributed by atoms with E-state index in [0.717, 1.165) is 50.0 Å². The van der Waals surface area contributed by atoms with Gasteiger partial charge in [-0.2, -0.15) is 0 Å². The van der Waals surface area contributed by atoms with Gasteiger partial charge in [0.2, 0.25) is 5.95 Å². The standard InChI is InChI=1S/C22H24F2N6/c1-14-9-17(10-18(23)15(14)2)21-19(24)12-27-22(29-21)28-20-4-3-16(11-26-20)13-30-7-5-25-6-8-30/h3-4,9-12,25H,5-8,13H2,1-2H3,(H,26,27,28,29). The number of halogens is 2. The summed E-state index contributed by atoms with van der Waals surface area (Å²) in [5.74, 6) is -0.239. The Morgan fingerprint density at radius 2 is 1.83 bits per heavy atom. The van der Waals surface area contributed by atoms with E-state index in [1.54, 1.807) is 19.9 Å². The Bertz CT molecular complexity index is 1010. The maximum atomic E-state index is 14.3. The van der Waals surface area contributed by atoms with Gasteiger partial charge in [0.05, 0.1) is 6.20 Å². The lowest BCUT2D eigenvalue weighted by Crippen LogP contribution is -2.42. The molecule has 30 heavy (non-hydrogen) atoms. The molecule has 0 atom stereocenters. The number of pyridine rings is 1. The molecule has 2 N–H and O–H groups in total. The van der Waals surface area contributed by atoms with Crippen LogP contribution in [0.2, 0.25) is 0 Å². The minimum Gasteiger partial charge on any atom is -0.314 e. The number of nitrogens with one attached hydrogen (secondary N) is 2. The van der Waals surface area contributed by atoms with Gasteiger partial charge in [-0.25, -0.2) is 23.7 Å². The molecule has 0 aliphatic carbocycles. The average molecular weight is 410 g/mol. The lowest BCUT2D eigenvalue weighted by atomic mass is 10.0. The predicted octanol–water partition coefficient (Wildman–Crippen LogP) is 3.58. The van der Waals surface area contributed by atoms with E-state index >= 15 is 0 Å². The highest BCUT2D eigenvalue weighted by atomic mass is 19.1. The van der Waals surface area contributed by atoms with Crippen LogP contribution in [-0.4, -0.2) is 46.0 Å². The SMILES string of the molecule is Cc1cc(-c2nc(Nc3ccc(CN4CCNCC4)cn3)ncc2F)cc(F)c1C. The van der Waals surface area contributed by atoms with Crippen molar-refractivity contribution in [3.05, 3.63) is 65.0 Å². The highest BCUT2D eigenvalue weighted by Gasteiger charge is 2.14. The van der Waals surface area contributed by atoms with Crippen molar-refractivity contribution in [2.24, 2.45) is 0 Å². The van der Waals surface area contributed by atoms with E-state index in [-0.39, 0.29) is 17.5 Å². The van der Waals surface area contributed by atoms with Gasteiger partial charge >= 0.3 is 0 Å². The molecule has 2 aromatic heterocycles. The van der Waals surface area contributed by atoms with Crippen LogP contribution in [0.1, 0.15) is 16.7 Å². The third kappa shape index (κ3) is 4.60. The highest BCUT2D eigenvalue weighted by molar-refractivity contribution is 5.63. The summed E-state index contributed by atoms with van der Waals surface area (Å²) in [6.45, 7) is 8.37. The molecule has 8 heteroatoms. The van der Waals surface area contributed by atoms with Crippen molar-refractivity contribution in [3.63, 3.8) is 0 Å². The molecule has 1 aliphatic heterocycles. The number of aryl methyl sites for hydroxylation is 1. The molecule has 4 rings (SSSR count). The molecule has 1 saturated heterocycles. The van der Waals surface area contributed by atoms with Crippen molar-refractivity contribution < 1.29 is 8.78 Å². The van der Waals surface area contributed by atoms with Crippen LogP contribution < -0.4 is 10.6 Å². The molecular weight excluding hydrogens is 386 g/mol. The van der Waals surface area contributed by atoms with E-state index in [2.05, 4.69) is 30.5 Å². The first kappa shape index (κ1) is 20.3. The first-order chi connectivity index (χ1) is 14.5. The Balaban J connectivity index is 1.50. The van der Waals surface area contributed by atoms with Crippen LogP contribution in [0.5, 0.6) is 0 Å². The molecule has 0 amide bonds. The van der Waals surface area contributed by atoms with Crippen LogP contribution in [0.25, 0.3) is 11.3 Å². The lowest BCUT2D eigenvalue weighted by molar-refractivity contribution is 0.233. The summed E-state index contributed by atoms with van der Waals surface area (Å²) in [7, 11) is 0. The van der Waals surface area contributed by atoms with Crippen molar-refractivity contribution in [2.45, 2.75) is 20.4 Å². The van der Waals surface area contributed by atoms with E-state index in [1.165, 1.54) is 6.07 Å². The van der Waals surface area contributed by atoms with Gasteiger partial charge in [-0.3, -0.25) is 4.90 Å². The number of benzene rings is 1. The number of piperazine rings is 1. The van der Waals surface area contributed by atoms with Gasteiger partial charge in [-0.15, -0.1) is 0 Å². The molecule has 3 heterocycles. The normalized spacial score (nSPS) is 14.7. The molecule has 156 valence electrons. The summed E-state index contributed by atoms with van der Waals surface area (Å²) in [5.41, 5.74) is 2.81. The van der Waals surface area contributed by atoms with E-state index in [1.807, 2.05) is 18.3 Å². The Morgan fingerprint density at radius 3 is 2.53 bits per heavy atom. The van der Waals surface area contributed by atoms with Crippen molar-refractivity contribution in [3.8, 4) is 11.3 Å². The van der Waals surface area contributed by atoms with Gasteiger partial charge in [0, 0.05) is 44.5 Å². The Morgan fingerprint density at radius 1 is 1.03 bits per heavy atom. The third-order valence-corrected chi connectivity index (χ3v) is 5.30. The molecule has 0 unspecified atom stereocenters. The smallest absolute Gasteiger partial charge is 0.229 e. The fourth-order valence-corrected chi connectivity index (χ4v) is 3.42. The second-order valence-electron chi connectivity index (χ2n) is 7.49. The van der Waals surface area contributed by atoms with Gasteiger partial charge < -0.3 is 10.6 Å². The quantitative estimate of drug-likeness (QED) is 0.670. The maximum Gasteiger partial charge on any atom is 0.229 e. The highest BCUT2D eigenvalue weighted by Crippen LogP contribution is 2.26. The zero-order valence-electron chi connectivity index (χ0n) is 17.0. The first-order valence-electron chi connectivity index (χ1n) is 9.94. The van der Waals surface area contributed by atoms with Gasteiger partial charge in [-0.1, -0.05) is 6.07 Å². The summed E-state index contributed by atoms with van der Waals surface area (Å²) in [6.07, 6.45) is 2.89. The van der Waals surface area contributed by atoms with Gasteiger partial charge in [0.1, 0.15) is 17.3 Å². The van der Waals surface area contributed by atoms with Crippen molar-refractivity contribution in [2.75, 3.05) is 31.5 Å². The van der Waals surface area contributed by atoms with Crippen LogP contribution >= 0.6 is 0 Å². The zero-order chi connectivity index (χ0) is 21.1. The lowest BCUT2D eigenvalue weighted by Gasteiger charge is -2.27. The molecule has 3 aromatic rings. The van der Waals surface area contributed by atoms with Gasteiger partial charge in [0.15, 0.2) is 5.82 Å². The summed E-state index contributed by atoms with van der Waals surface area (Å²) in [6, 6.07) is 6.86. The largest absolute Gasteiger partial charge is 0.314 e. The summed E-state index contributed by atoms with van der Waals surface area (Å²) >= 11 is 0. The molecule has 0 radical (unpaired) electrons. The number of hydrogen-bond donors (Lipinski definition) is 2. The van der Waals surface area contributed by atoms with E-state index in [0.29, 0.717) is 16.9 Å². The number of nitrogens with zero attached hydrogens (tertiary/aromatic N) is 4. The topological polar surface area (TPSA) is 66.0 Å². The molecule has 1 fully saturated rings. The Hall–Kier alpha value is -2.97. The predicted molar refractivity (Wildman–Crippen MR) is 113 cm³/mol. The summed E-state index contributed by atoms with van der Waals surface area (Å²) in [4.78, 5) is 15.0. The van der Waals surface area contributed by atoms with Crippen molar-refractivity contribution in [1.29, 1.82) is 0 Å². The fraction of sp³-hybridized carbons (Fsp3) is 0.318. The number of rotatable bonds is 5. The number of anilines is 2. The molecule has 1 aliphatic rings. The van der Waals surface area contributed by atoms with Crippen LogP contribution in [0.3, 0.4) is 0 Å². The first-order valence-corrected chi connectivity index (χ1v) is 9.94. The van der Waals surface area contributed by atoms with Crippen LogP contribution in [0.15, 0.2) is 36.7 Å². The molecule has 0 spiro atoms. The third-order valence-electron chi connectivity index (χ3n) is 5.30. The Labute approximate surface area is 174 Å². The second kappa shape index (κ2) is 8.81. The second-order valence-corrected chi connectivity index (χ2v) is 7.49. The minimum atomic E-state index is -0.609. The van der Waals surface area contributed by atoms with Crippen molar-refractivity contribution in [1.82, 2.24) is 25.2 Å². The Kier molecular flexibility index (Phi) is 5.96. The average Bonchev–Trinajstić information content (AvgIpc) is 2.75. The fourth-order valence-electron chi connectivity index (χ4n) is 3.42. The van der Waals surface area contributed by atoms with Gasteiger partial charge in [-0.05, 0) is 48.7 Å². The van der Waals surface area contributed by atoms with E-state index in [4.69, 9.17) is 0 Å². The molecular formula is C22H24F2N6. The molecule has 1 aromatic carbocycles. The molecule has 0 bridgehead atoms. The minimum absolute atomic E-state index is 0.0461. The van der Waals surface area contributed by atoms with E-state index < -0.39 is 5.82 Å². The van der Waals surface area contributed by atoms with Crippen LogP contribution in [0.4, 0.5) is 20.5 Å². The number of aromatic nitrogens is 3. The van der Waals surface area contributed by atoms with Gasteiger partial charge in [0.25, 0.3) is 0 Å².